The van der Waals surface area contributed by atoms with Crippen molar-refractivity contribution in [1.29, 1.82) is 0 Å². The molecule has 0 bridgehead atoms. The van der Waals surface area contributed by atoms with Gasteiger partial charge in [-0.1, -0.05) is 24.4 Å². The van der Waals surface area contributed by atoms with Gasteiger partial charge in [-0.2, -0.15) is 4.98 Å². The summed E-state index contributed by atoms with van der Waals surface area (Å²) in [4.78, 5) is 8.53. The van der Waals surface area contributed by atoms with Crippen molar-refractivity contribution in [3.63, 3.8) is 0 Å². The molecule has 20 heavy (non-hydrogen) atoms. The minimum Gasteiger partial charge on any atom is -0.384 e. The predicted octanol–water partition coefficient (Wildman–Crippen LogP) is 2.52. The van der Waals surface area contributed by atoms with Gasteiger partial charge in [-0.3, -0.25) is 0 Å². The Kier molecular flexibility index (Phi) is 3.40. The molecule has 6 nitrogen and oxygen atoms in total. The van der Waals surface area contributed by atoms with E-state index in [-0.39, 0.29) is 0 Å². The maximum atomic E-state index is 5.71. The molecule has 2 aromatic rings. The van der Waals surface area contributed by atoms with Crippen LogP contribution in [0.25, 0.3) is 11.5 Å². The second-order valence-corrected chi connectivity index (χ2v) is 5.15. The molecule has 106 valence electrons. The number of nitrogens with zero attached hydrogens (tertiary/aromatic N) is 3. The van der Waals surface area contributed by atoms with Gasteiger partial charge in [0.2, 0.25) is 5.82 Å². The highest BCUT2D eigenvalue weighted by molar-refractivity contribution is 5.53. The number of anilines is 1. The van der Waals surface area contributed by atoms with Crippen molar-refractivity contribution in [3.05, 3.63) is 24.2 Å². The molecule has 0 aromatic carbocycles. The first kappa shape index (κ1) is 13.1. The fourth-order valence-electron chi connectivity index (χ4n) is 2.70. The summed E-state index contributed by atoms with van der Waals surface area (Å²) in [7, 11) is 1.71. The molecule has 0 amide bonds. The smallest absolute Gasteiger partial charge is 0.259 e. The Morgan fingerprint density at radius 1 is 1.25 bits per heavy atom. The summed E-state index contributed by atoms with van der Waals surface area (Å²) >= 11 is 0. The van der Waals surface area contributed by atoms with Crippen LogP contribution < -0.4 is 5.73 Å². The molecule has 6 heteroatoms. The maximum absolute atomic E-state index is 5.71. The molecule has 1 fully saturated rings. The Morgan fingerprint density at radius 3 is 2.70 bits per heavy atom. The van der Waals surface area contributed by atoms with Crippen LogP contribution in [0.1, 0.15) is 37.9 Å². The maximum Gasteiger partial charge on any atom is 0.259 e. The van der Waals surface area contributed by atoms with Gasteiger partial charge in [0, 0.05) is 13.3 Å². The van der Waals surface area contributed by atoms with Crippen molar-refractivity contribution >= 4 is 5.82 Å². The van der Waals surface area contributed by atoms with Crippen LogP contribution in [0.4, 0.5) is 5.82 Å². The van der Waals surface area contributed by atoms with E-state index in [9.17, 15) is 0 Å². The molecule has 2 heterocycles. The van der Waals surface area contributed by atoms with E-state index >= 15 is 0 Å². The van der Waals surface area contributed by atoms with E-state index in [4.69, 9.17) is 15.0 Å². The van der Waals surface area contributed by atoms with E-state index in [1.165, 1.54) is 6.42 Å². The topological polar surface area (TPSA) is 87.1 Å². The van der Waals surface area contributed by atoms with Crippen molar-refractivity contribution in [2.24, 2.45) is 0 Å². The first-order valence-corrected chi connectivity index (χ1v) is 6.85. The average molecular weight is 274 g/mol. The Balaban J connectivity index is 1.91. The van der Waals surface area contributed by atoms with Crippen LogP contribution in [0.5, 0.6) is 0 Å². The van der Waals surface area contributed by atoms with E-state index < -0.39 is 5.60 Å². The standard InChI is InChI=1S/C14H18N4O2/c1-19-14(7-3-2-4-8-14)13-17-12(20-18-13)10-5-6-11(15)16-9-10/h5-6,9H,2-4,7-8H2,1H3,(H2,15,16). The van der Waals surface area contributed by atoms with Crippen molar-refractivity contribution < 1.29 is 9.26 Å². The zero-order valence-corrected chi connectivity index (χ0v) is 11.5. The zero-order chi connectivity index (χ0) is 14.0. The molecule has 0 radical (unpaired) electrons. The molecule has 1 aliphatic carbocycles. The Hall–Kier alpha value is -1.95. The summed E-state index contributed by atoms with van der Waals surface area (Å²) in [6, 6.07) is 3.53. The summed E-state index contributed by atoms with van der Waals surface area (Å²) in [6.07, 6.45) is 6.98. The van der Waals surface area contributed by atoms with E-state index in [1.807, 2.05) is 6.07 Å². The first-order chi connectivity index (χ1) is 9.73. The fourth-order valence-corrected chi connectivity index (χ4v) is 2.70. The number of pyridine rings is 1. The van der Waals surface area contributed by atoms with Gasteiger partial charge in [-0.25, -0.2) is 4.98 Å². The monoisotopic (exact) mass is 274 g/mol. The SMILES string of the molecule is COC1(c2noc(-c3ccc(N)nc3)n2)CCCCC1. The summed E-state index contributed by atoms with van der Waals surface area (Å²) < 4.78 is 11.1. The van der Waals surface area contributed by atoms with Gasteiger partial charge < -0.3 is 15.0 Å². The van der Waals surface area contributed by atoms with Gasteiger partial charge >= 0.3 is 0 Å². The molecule has 0 aliphatic heterocycles. The van der Waals surface area contributed by atoms with Crippen LogP contribution in [-0.4, -0.2) is 22.2 Å². The number of methoxy groups -OCH3 is 1. The Bertz CT molecular complexity index is 573. The summed E-state index contributed by atoms with van der Waals surface area (Å²) in [5.74, 6) is 1.55. The fraction of sp³-hybridized carbons (Fsp3) is 0.500. The number of aromatic nitrogens is 3. The highest BCUT2D eigenvalue weighted by Crippen LogP contribution is 2.39. The van der Waals surface area contributed by atoms with E-state index in [2.05, 4.69) is 15.1 Å². The molecule has 0 unspecified atom stereocenters. The quantitative estimate of drug-likeness (QED) is 0.925. The van der Waals surface area contributed by atoms with E-state index in [0.29, 0.717) is 17.5 Å². The lowest BCUT2D eigenvalue weighted by molar-refractivity contribution is -0.0527. The largest absolute Gasteiger partial charge is 0.384 e. The highest BCUT2D eigenvalue weighted by atomic mass is 16.5. The van der Waals surface area contributed by atoms with Crippen molar-refractivity contribution in [2.45, 2.75) is 37.7 Å². The van der Waals surface area contributed by atoms with Gasteiger partial charge in [-0.15, -0.1) is 0 Å². The summed E-state index contributed by atoms with van der Waals surface area (Å²) in [6.45, 7) is 0. The molecule has 2 N–H and O–H groups in total. The minimum absolute atomic E-state index is 0.402. The van der Waals surface area contributed by atoms with E-state index in [1.54, 1.807) is 19.4 Å². The summed E-state index contributed by atoms with van der Waals surface area (Å²) in [5, 5.41) is 4.11. The van der Waals surface area contributed by atoms with Crippen molar-refractivity contribution in [1.82, 2.24) is 15.1 Å². The molecular weight excluding hydrogens is 256 g/mol. The number of nitrogen functional groups attached to an aromatic ring is 1. The second kappa shape index (κ2) is 5.20. The van der Waals surface area contributed by atoms with Crippen LogP contribution >= 0.6 is 0 Å². The molecular formula is C14H18N4O2. The third-order valence-electron chi connectivity index (χ3n) is 3.92. The Labute approximate surface area is 117 Å². The van der Waals surface area contributed by atoms with Gasteiger partial charge in [0.05, 0.1) is 5.56 Å². The number of ether oxygens (including phenoxy) is 1. The van der Waals surface area contributed by atoms with Gasteiger partial charge in [0.1, 0.15) is 11.4 Å². The minimum atomic E-state index is -0.402. The molecule has 1 aliphatic rings. The van der Waals surface area contributed by atoms with Gasteiger partial charge in [0.25, 0.3) is 5.89 Å². The number of hydrogen-bond acceptors (Lipinski definition) is 6. The second-order valence-electron chi connectivity index (χ2n) is 5.15. The molecule has 3 rings (SSSR count). The average Bonchev–Trinajstić information content (AvgIpc) is 2.99. The molecule has 2 aromatic heterocycles. The van der Waals surface area contributed by atoms with Crippen molar-refractivity contribution in [2.75, 3.05) is 12.8 Å². The molecule has 0 spiro atoms. The Morgan fingerprint density at radius 2 is 2.05 bits per heavy atom. The molecule has 0 saturated heterocycles. The van der Waals surface area contributed by atoms with Crippen LogP contribution in [-0.2, 0) is 10.3 Å². The first-order valence-electron chi connectivity index (χ1n) is 6.85. The van der Waals surface area contributed by atoms with Crippen molar-refractivity contribution in [3.8, 4) is 11.5 Å². The van der Waals surface area contributed by atoms with E-state index in [0.717, 1.165) is 31.2 Å². The third kappa shape index (κ3) is 2.27. The molecule has 1 saturated carbocycles. The highest BCUT2D eigenvalue weighted by Gasteiger charge is 2.38. The molecule has 0 atom stereocenters. The summed E-state index contributed by atoms with van der Waals surface area (Å²) in [5.41, 5.74) is 5.93. The van der Waals surface area contributed by atoms with Gasteiger partial charge in [-0.05, 0) is 25.0 Å². The van der Waals surface area contributed by atoms with Crippen LogP contribution in [0.15, 0.2) is 22.9 Å². The lowest BCUT2D eigenvalue weighted by Gasteiger charge is -2.32. The van der Waals surface area contributed by atoms with Crippen LogP contribution in [0, 0.1) is 0 Å². The number of nitrogens with two attached hydrogens (primary N) is 1. The third-order valence-corrected chi connectivity index (χ3v) is 3.92. The van der Waals surface area contributed by atoms with Crippen LogP contribution in [0.2, 0.25) is 0 Å². The normalized spacial score (nSPS) is 18.1. The number of hydrogen-bond donors (Lipinski definition) is 1. The zero-order valence-electron chi connectivity index (χ0n) is 11.5. The lowest BCUT2D eigenvalue weighted by Crippen LogP contribution is -2.32. The number of rotatable bonds is 3. The predicted molar refractivity (Wildman–Crippen MR) is 73.7 cm³/mol. The van der Waals surface area contributed by atoms with Crippen LogP contribution in [0.3, 0.4) is 0 Å². The van der Waals surface area contributed by atoms with Gasteiger partial charge in [0.15, 0.2) is 0 Å². The lowest BCUT2D eigenvalue weighted by atomic mass is 9.84.